The zero-order valence-corrected chi connectivity index (χ0v) is 12.7. The van der Waals surface area contributed by atoms with Gasteiger partial charge in [-0.25, -0.2) is 0 Å². The number of carboxylic acid groups (broad SMARTS) is 1. The summed E-state index contributed by atoms with van der Waals surface area (Å²) >= 11 is 0. The number of aliphatic carboxylic acids is 1. The molecule has 0 aliphatic carbocycles. The summed E-state index contributed by atoms with van der Waals surface area (Å²) in [5.74, 6) is -3.10. The third-order valence-corrected chi connectivity index (χ3v) is 3.80. The van der Waals surface area contributed by atoms with Crippen molar-refractivity contribution in [1.29, 1.82) is 0 Å². The lowest BCUT2D eigenvalue weighted by molar-refractivity contribution is -0.156. The summed E-state index contributed by atoms with van der Waals surface area (Å²) in [7, 11) is 0. The number of phenols is 2. The first-order valence-corrected chi connectivity index (χ1v) is 6.78. The molecule has 0 radical (unpaired) electrons. The Labute approximate surface area is 128 Å². The molecule has 5 N–H and O–H groups in total. The zero-order chi connectivity index (χ0) is 17.1. The van der Waals surface area contributed by atoms with E-state index in [1.807, 2.05) is 0 Å². The highest BCUT2D eigenvalue weighted by Gasteiger charge is 2.43. The fourth-order valence-corrected chi connectivity index (χ4v) is 2.23. The standard InChI is InChI=1S/C15H21NO6/c1-8(9(2)22-10(3)17)15(16,14(20)21)7-11-4-5-12(18)13(19)6-11/h4-6,8-9,18-19H,7,16H2,1-3H3,(H,20,21)/t8-,9+,15-/m1/s1. The van der Waals surface area contributed by atoms with Crippen molar-refractivity contribution in [2.24, 2.45) is 11.7 Å². The molecule has 0 heterocycles. The van der Waals surface area contributed by atoms with E-state index < -0.39 is 29.5 Å². The highest BCUT2D eigenvalue weighted by molar-refractivity contribution is 5.79. The summed E-state index contributed by atoms with van der Waals surface area (Å²) < 4.78 is 5.02. The average Bonchev–Trinajstić information content (AvgIpc) is 2.40. The molecule has 0 aromatic heterocycles. The van der Waals surface area contributed by atoms with E-state index in [4.69, 9.17) is 10.5 Å². The van der Waals surface area contributed by atoms with Gasteiger partial charge in [0.15, 0.2) is 11.5 Å². The van der Waals surface area contributed by atoms with Crippen molar-refractivity contribution in [2.45, 2.75) is 38.8 Å². The number of hydrogen-bond donors (Lipinski definition) is 4. The molecule has 0 aliphatic rings. The van der Waals surface area contributed by atoms with Crippen LogP contribution in [0.15, 0.2) is 18.2 Å². The van der Waals surface area contributed by atoms with E-state index in [1.165, 1.54) is 25.1 Å². The van der Waals surface area contributed by atoms with Crippen LogP contribution in [0.5, 0.6) is 11.5 Å². The molecule has 0 saturated heterocycles. The number of rotatable bonds is 6. The molecule has 1 aromatic carbocycles. The Balaban J connectivity index is 3.06. The van der Waals surface area contributed by atoms with Crippen molar-refractivity contribution >= 4 is 11.9 Å². The molecule has 3 atom stereocenters. The monoisotopic (exact) mass is 311 g/mol. The maximum Gasteiger partial charge on any atom is 0.324 e. The van der Waals surface area contributed by atoms with Crippen molar-refractivity contribution in [2.75, 3.05) is 0 Å². The van der Waals surface area contributed by atoms with Gasteiger partial charge in [0.25, 0.3) is 0 Å². The highest BCUT2D eigenvalue weighted by Crippen LogP contribution is 2.30. The first kappa shape index (κ1) is 17.8. The largest absolute Gasteiger partial charge is 0.504 e. The Kier molecular flexibility index (Phi) is 5.38. The predicted octanol–water partition coefficient (Wildman–Crippen LogP) is 1.01. The van der Waals surface area contributed by atoms with Gasteiger partial charge in [-0.15, -0.1) is 0 Å². The minimum absolute atomic E-state index is 0.0943. The molecule has 0 unspecified atom stereocenters. The van der Waals surface area contributed by atoms with Gasteiger partial charge >= 0.3 is 11.9 Å². The molecule has 122 valence electrons. The van der Waals surface area contributed by atoms with Gasteiger partial charge in [0.2, 0.25) is 0 Å². The summed E-state index contributed by atoms with van der Waals surface area (Å²) in [5.41, 5.74) is 4.80. The van der Waals surface area contributed by atoms with E-state index in [2.05, 4.69) is 0 Å². The third kappa shape index (κ3) is 3.88. The third-order valence-electron chi connectivity index (χ3n) is 3.80. The smallest absolute Gasteiger partial charge is 0.324 e. The molecule has 7 nitrogen and oxygen atoms in total. The number of aromatic hydroxyl groups is 2. The van der Waals surface area contributed by atoms with E-state index >= 15 is 0 Å². The van der Waals surface area contributed by atoms with E-state index in [9.17, 15) is 24.9 Å². The Morgan fingerprint density at radius 2 is 1.86 bits per heavy atom. The Hall–Kier alpha value is -2.28. The van der Waals surface area contributed by atoms with Gasteiger partial charge in [0.1, 0.15) is 11.6 Å². The highest BCUT2D eigenvalue weighted by atomic mass is 16.5. The molecule has 0 bridgehead atoms. The van der Waals surface area contributed by atoms with Gasteiger partial charge in [0.05, 0.1) is 0 Å². The van der Waals surface area contributed by atoms with Crippen LogP contribution in [0.4, 0.5) is 0 Å². The Morgan fingerprint density at radius 3 is 2.32 bits per heavy atom. The fourth-order valence-electron chi connectivity index (χ4n) is 2.23. The van der Waals surface area contributed by atoms with Crippen LogP contribution in [-0.4, -0.2) is 38.9 Å². The maximum atomic E-state index is 11.6. The van der Waals surface area contributed by atoms with Crippen LogP contribution in [0, 0.1) is 5.92 Å². The Bertz CT molecular complexity index is 573. The number of phenolic OH excluding ortho intramolecular Hbond substituents is 2. The minimum atomic E-state index is -1.70. The van der Waals surface area contributed by atoms with Gasteiger partial charge in [-0.05, 0) is 24.6 Å². The van der Waals surface area contributed by atoms with Crippen LogP contribution in [-0.2, 0) is 20.7 Å². The molecule has 0 saturated carbocycles. The number of carboxylic acids is 1. The lowest BCUT2D eigenvalue weighted by atomic mass is 9.78. The van der Waals surface area contributed by atoms with Crippen LogP contribution in [0.3, 0.4) is 0 Å². The lowest BCUT2D eigenvalue weighted by Gasteiger charge is -2.34. The minimum Gasteiger partial charge on any atom is -0.504 e. The van der Waals surface area contributed by atoms with Crippen molar-refractivity contribution in [3.05, 3.63) is 23.8 Å². The quantitative estimate of drug-likeness (QED) is 0.455. The second-order valence-corrected chi connectivity index (χ2v) is 5.45. The van der Waals surface area contributed by atoms with Gasteiger partial charge in [-0.3, -0.25) is 9.59 Å². The second kappa shape index (κ2) is 6.65. The van der Waals surface area contributed by atoms with Gasteiger partial charge in [-0.1, -0.05) is 13.0 Å². The molecular weight excluding hydrogens is 290 g/mol. The van der Waals surface area contributed by atoms with Crippen molar-refractivity contribution < 1.29 is 29.6 Å². The van der Waals surface area contributed by atoms with Crippen LogP contribution < -0.4 is 5.73 Å². The number of hydrogen-bond acceptors (Lipinski definition) is 6. The molecule has 22 heavy (non-hydrogen) atoms. The van der Waals surface area contributed by atoms with Crippen molar-refractivity contribution in [3.8, 4) is 11.5 Å². The average molecular weight is 311 g/mol. The maximum absolute atomic E-state index is 11.6. The predicted molar refractivity (Wildman–Crippen MR) is 78.4 cm³/mol. The summed E-state index contributed by atoms with van der Waals surface area (Å²) in [5, 5.41) is 28.3. The summed E-state index contributed by atoms with van der Waals surface area (Å²) in [6.07, 6.45) is -0.785. The molecule has 1 aromatic rings. The van der Waals surface area contributed by atoms with E-state index in [0.717, 1.165) is 0 Å². The summed E-state index contributed by atoms with van der Waals surface area (Å²) in [4.78, 5) is 22.7. The number of esters is 1. The first-order chi connectivity index (χ1) is 10.1. The van der Waals surface area contributed by atoms with E-state index in [0.29, 0.717) is 5.56 Å². The normalized spacial score (nSPS) is 16.4. The van der Waals surface area contributed by atoms with E-state index in [1.54, 1.807) is 13.8 Å². The number of carbonyl (C=O) groups excluding carboxylic acids is 1. The van der Waals surface area contributed by atoms with E-state index in [-0.39, 0.29) is 17.9 Å². The molecule has 7 heteroatoms. The van der Waals surface area contributed by atoms with Crippen LogP contribution in [0.25, 0.3) is 0 Å². The Morgan fingerprint density at radius 1 is 1.27 bits per heavy atom. The number of nitrogens with two attached hydrogens (primary N) is 1. The molecule has 0 spiro atoms. The number of ether oxygens (including phenoxy) is 1. The number of benzene rings is 1. The number of carbonyl (C=O) groups is 2. The summed E-state index contributed by atoms with van der Waals surface area (Å²) in [6.45, 7) is 4.40. The first-order valence-electron chi connectivity index (χ1n) is 6.78. The SMILES string of the molecule is CC(=O)O[C@@H](C)[C@@H](C)[C@](N)(Cc1ccc(O)c(O)c1)C(=O)O. The zero-order valence-electron chi connectivity index (χ0n) is 12.7. The van der Waals surface area contributed by atoms with Crippen molar-refractivity contribution in [3.63, 3.8) is 0 Å². The molecular formula is C15H21NO6. The van der Waals surface area contributed by atoms with Gasteiger partial charge < -0.3 is 25.8 Å². The lowest BCUT2D eigenvalue weighted by Crippen LogP contribution is -2.58. The molecule has 0 amide bonds. The molecule has 0 fully saturated rings. The summed E-state index contributed by atoms with van der Waals surface area (Å²) in [6, 6.07) is 3.99. The fraction of sp³-hybridized carbons (Fsp3) is 0.467. The van der Waals surface area contributed by atoms with Crippen molar-refractivity contribution in [1.82, 2.24) is 0 Å². The van der Waals surface area contributed by atoms with Crippen LogP contribution in [0.1, 0.15) is 26.3 Å². The van der Waals surface area contributed by atoms with Gasteiger partial charge in [0, 0.05) is 19.3 Å². The second-order valence-electron chi connectivity index (χ2n) is 5.45. The van der Waals surface area contributed by atoms with Gasteiger partial charge in [-0.2, -0.15) is 0 Å². The molecule has 0 aliphatic heterocycles. The molecule has 1 rings (SSSR count). The topological polar surface area (TPSA) is 130 Å². The van der Waals surface area contributed by atoms with Crippen LogP contribution in [0.2, 0.25) is 0 Å². The van der Waals surface area contributed by atoms with Crippen LogP contribution >= 0.6 is 0 Å².